The molecule has 8 N–H and O–H groups in total. The van der Waals surface area contributed by atoms with Gasteiger partial charge in [0.15, 0.2) is 0 Å². The molecule has 0 aromatic carbocycles. The van der Waals surface area contributed by atoms with Crippen molar-refractivity contribution in [2.45, 2.75) is 37.4 Å². The molecule has 3 amide bonds. The van der Waals surface area contributed by atoms with E-state index in [1.807, 2.05) is 6.26 Å². The highest BCUT2D eigenvalue weighted by Crippen LogP contribution is 2.02. The predicted octanol–water partition coefficient (Wildman–Crippen LogP) is -2.32. The first kappa shape index (κ1) is 25.9. The van der Waals surface area contributed by atoms with Crippen LogP contribution in [0.25, 0.3) is 0 Å². The number of aromatic nitrogens is 2. The van der Waals surface area contributed by atoms with Crippen molar-refractivity contribution >= 4 is 41.4 Å². The molecule has 13 nitrogen and oxygen atoms in total. The number of carboxylic acid groups (broad SMARTS) is 2. The van der Waals surface area contributed by atoms with Gasteiger partial charge in [-0.1, -0.05) is 0 Å². The van der Waals surface area contributed by atoms with Crippen LogP contribution in [-0.2, 0) is 30.4 Å². The maximum atomic E-state index is 12.4. The third-order valence-electron chi connectivity index (χ3n) is 4.02. The van der Waals surface area contributed by atoms with Crippen molar-refractivity contribution < 1.29 is 34.2 Å². The lowest BCUT2D eigenvalue weighted by Gasteiger charge is -2.20. The molecule has 1 heterocycles. The maximum Gasteiger partial charge on any atom is 0.326 e. The van der Waals surface area contributed by atoms with Gasteiger partial charge in [0, 0.05) is 18.3 Å². The molecule has 172 valence electrons. The van der Waals surface area contributed by atoms with E-state index in [1.165, 1.54) is 24.3 Å². The number of nitrogens with one attached hydrogen (secondary N) is 4. The van der Waals surface area contributed by atoms with Crippen LogP contribution in [0.15, 0.2) is 12.5 Å². The Balaban J connectivity index is 2.68. The Morgan fingerprint density at radius 2 is 1.87 bits per heavy atom. The summed E-state index contributed by atoms with van der Waals surface area (Å²) in [6, 6.07) is -3.73. The van der Waals surface area contributed by atoms with Crippen LogP contribution in [0, 0.1) is 0 Å². The van der Waals surface area contributed by atoms with Crippen LogP contribution < -0.4 is 21.7 Å². The van der Waals surface area contributed by atoms with Crippen LogP contribution in [0.5, 0.6) is 0 Å². The SMILES string of the molecule is CSCCC(N)C(=O)NCC(=O)NC(CC(=O)O)C(=O)NC(Cc1cnc[nH]1)C(=O)O. The number of aromatic amines is 1. The van der Waals surface area contributed by atoms with Crippen LogP contribution in [0.4, 0.5) is 0 Å². The molecule has 0 saturated carbocycles. The minimum absolute atomic E-state index is 0.126. The quantitative estimate of drug-likeness (QED) is 0.158. The van der Waals surface area contributed by atoms with Crippen LogP contribution in [0.1, 0.15) is 18.5 Å². The summed E-state index contributed by atoms with van der Waals surface area (Å²) in [5.41, 5.74) is 6.12. The van der Waals surface area contributed by atoms with Gasteiger partial charge in [0.1, 0.15) is 12.1 Å². The second-order valence-electron chi connectivity index (χ2n) is 6.50. The lowest BCUT2D eigenvalue weighted by Crippen LogP contribution is -2.54. The van der Waals surface area contributed by atoms with E-state index in [9.17, 15) is 29.1 Å². The Hall–Kier alpha value is -3.13. The van der Waals surface area contributed by atoms with E-state index in [-0.39, 0.29) is 6.42 Å². The topological polar surface area (TPSA) is 217 Å². The molecule has 0 fully saturated rings. The summed E-state index contributed by atoms with van der Waals surface area (Å²) in [5, 5.41) is 25.0. The third-order valence-corrected chi connectivity index (χ3v) is 4.66. The molecule has 14 heteroatoms. The number of nitrogens with zero attached hydrogens (tertiary/aromatic N) is 1. The summed E-state index contributed by atoms with van der Waals surface area (Å²) in [6.07, 6.45) is 4.07. The molecule has 0 aliphatic heterocycles. The fourth-order valence-electron chi connectivity index (χ4n) is 2.39. The first-order chi connectivity index (χ1) is 14.6. The van der Waals surface area contributed by atoms with Crippen LogP contribution in [-0.4, -0.2) is 86.5 Å². The van der Waals surface area contributed by atoms with E-state index in [2.05, 4.69) is 25.9 Å². The molecule has 0 aliphatic rings. The van der Waals surface area contributed by atoms with Crippen molar-refractivity contribution in [3.8, 4) is 0 Å². The molecular weight excluding hydrogens is 432 g/mol. The van der Waals surface area contributed by atoms with Crippen LogP contribution in [0.2, 0.25) is 0 Å². The maximum absolute atomic E-state index is 12.4. The zero-order valence-electron chi connectivity index (χ0n) is 16.8. The Kier molecular flexibility index (Phi) is 11.1. The molecule has 3 atom stereocenters. The van der Waals surface area contributed by atoms with E-state index in [0.29, 0.717) is 17.9 Å². The van der Waals surface area contributed by atoms with Gasteiger partial charge in [0.2, 0.25) is 17.7 Å². The second-order valence-corrected chi connectivity index (χ2v) is 7.49. The minimum Gasteiger partial charge on any atom is -0.481 e. The zero-order valence-corrected chi connectivity index (χ0v) is 17.6. The first-order valence-corrected chi connectivity index (χ1v) is 10.6. The lowest BCUT2D eigenvalue weighted by molar-refractivity contribution is -0.143. The number of nitrogens with two attached hydrogens (primary N) is 1. The molecule has 0 saturated heterocycles. The molecule has 0 aliphatic carbocycles. The smallest absolute Gasteiger partial charge is 0.326 e. The van der Waals surface area contributed by atoms with E-state index < -0.39 is 60.8 Å². The van der Waals surface area contributed by atoms with Crippen molar-refractivity contribution in [2.75, 3.05) is 18.6 Å². The number of amides is 3. The van der Waals surface area contributed by atoms with Crippen LogP contribution in [0.3, 0.4) is 0 Å². The largest absolute Gasteiger partial charge is 0.481 e. The molecule has 0 spiro atoms. The van der Waals surface area contributed by atoms with Crippen molar-refractivity contribution in [1.82, 2.24) is 25.9 Å². The number of aliphatic carboxylic acids is 2. The molecule has 31 heavy (non-hydrogen) atoms. The summed E-state index contributed by atoms with van der Waals surface area (Å²) >= 11 is 1.51. The summed E-state index contributed by atoms with van der Waals surface area (Å²) < 4.78 is 0. The number of H-pyrrole nitrogens is 1. The second kappa shape index (κ2) is 13.2. The molecule has 0 bridgehead atoms. The van der Waals surface area contributed by atoms with E-state index in [1.54, 1.807) is 0 Å². The van der Waals surface area contributed by atoms with Gasteiger partial charge < -0.3 is 36.9 Å². The van der Waals surface area contributed by atoms with Gasteiger partial charge in [-0.05, 0) is 18.4 Å². The van der Waals surface area contributed by atoms with Gasteiger partial charge in [-0.25, -0.2) is 9.78 Å². The number of carboxylic acids is 2. The summed E-state index contributed by atoms with van der Waals surface area (Å²) in [7, 11) is 0. The number of thioether (sulfide) groups is 1. The Bertz CT molecular complexity index is 773. The van der Waals surface area contributed by atoms with Gasteiger partial charge in [-0.15, -0.1) is 0 Å². The minimum atomic E-state index is -1.55. The average Bonchev–Trinajstić information content (AvgIpc) is 3.21. The normalized spacial score (nSPS) is 13.5. The molecular formula is C17H26N6O7S. The fraction of sp³-hybridized carbons (Fsp3) is 0.529. The standard InChI is InChI=1S/C17H26N6O7S/c1-31-3-2-10(18)15(27)20-7-13(24)22-11(5-14(25)26)16(28)23-12(17(29)30)4-9-6-19-8-21-9/h6,8,10-12H,2-5,7,18H2,1H3,(H,19,21)(H,20,27)(H,22,24)(H,23,28)(H,25,26)(H,29,30). The van der Waals surface area contributed by atoms with Crippen molar-refractivity contribution in [2.24, 2.45) is 5.73 Å². The predicted molar refractivity (Wildman–Crippen MR) is 110 cm³/mol. The molecule has 0 radical (unpaired) electrons. The highest BCUT2D eigenvalue weighted by molar-refractivity contribution is 7.98. The zero-order chi connectivity index (χ0) is 23.4. The van der Waals surface area contributed by atoms with E-state index >= 15 is 0 Å². The monoisotopic (exact) mass is 458 g/mol. The van der Waals surface area contributed by atoms with Crippen molar-refractivity contribution in [3.63, 3.8) is 0 Å². The summed E-state index contributed by atoms with van der Waals surface area (Å²) in [4.78, 5) is 65.3. The summed E-state index contributed by atoms with van der Waals surface area (Å²) in [6.45, 7) is -0.522. The van der Waals surface area contributed by atoms with Crippen molar-refractivity contribution in [1.29, 1.82) is 0 Å². The third kappa shape index (κ3) is 9.95. The molecule has 1 aromatic rings. The van der Waals surface area contributed by atoms with E-state index in [0.717, 1.165) is 0 Å². The van der Waals surface area contributed by atoms with Gasteiger partial charge in [0.05, 0.1) is 25.3 Å². The number of rotatable bonds is 14. The van der Waals surface area contributed by atoms with Gasteiger partial charge in [0.25, 0.3) is 0 Å². The Labute approximate surface area is 181 Å². The Morgan fingerprint density at radius 1 is 1.16 bits per heavy atom. The number of carbonyl (C=O) groups excluding carboxylic acids is 3. The Morgan fingerprint density at radius 3 is 2.42 bits per heavy atom. The fourth-order valence-corrected chi connectivity index (χ4v) is 2.88. The average molecular weight is 458 g/mol. The van der Waals surface area contributed by atoms with E-state index in [4.69, 9.17) is 10.8 Å². The molecule has 1 rings (SSSR count). The number of hydrogen-bond donors (Lipinski definition) is 7. The van der Waals surface area contributed by atoms with Crippen molar-refractivity contribution in [3.05, 3.63) is 18.2 Å². The van der Waals surface area contributed by atoms with Gasteiger partial charge in [-0.3, -0.25) is 19.2 Å². The lowest BCUT2D eigenvalue weighted by atomic mass is 10.1. The highest BCUT2D eigenvalue weighted by atomic mass is 32.2. The number of carbonyl (C=O) groups is 5. The van der Waals surface area contributed by atoms with Gasteiger partial charge in [-0.2, -0.15) is 11.8 Å². The highest BCUT2D eigenvalue weighted by Gasteiger charge is 2.29. The number of hydrogen-bond acceptors (Lipinski definition) is 8. The van der Waals surface area contributed by atoms with Gasteiger partial charge >= 0.3 is 11.9 Å². The number of imidazole rings is 1. The molecule has 3 unspecified atom stereocenters. The summed E-state index contributed by atoms with van der Waals surface area (Å²) in [5.74, 6) is -4.46. The molecule has 1 aromatic heterocycles. The first-order valence-electron chi connectivity index (χ1n) is 9.17. The van der Waals surface area contributed by atoms with Crippen LogP contribution >= 0.6 is 11.8 Å².